The van der Waals surface area contributed by atoms with Crippen LogP contribution in [0.4, 0.5) is 5.69 Å². The first kappa shape index (κ1) is 30.3. The molecule has 0 bridgehead atoms. The second-order valence-corrected chi connectivity index (χ2v) is 11.7. The van der Waals surface area contributed by atoms with Crippen molar-refractivity contribution in [1.29, 1.82) is 0 Å². The molecular weight excluding hydrogens is 606 g/mol. The molecule has 0 aliphatic heterocycles. The second-order valence-electron chi connectivity index (χ2n) is 9.64. The third-order valence-corrected chi connectivity index (χ3v) is 8.68. The Morgan fingerprint density at radius 3 is 1.98 bits per heavy atom. The molecule has 0 spiro atoms. The maximum Gasteiger partial charge on any atom is 0.335 e. The Bertz CT molecular complexity index is 2110. The SMILES string of the molecule is COc1cc(-n2c(=S)n(-c3ccc(C(=O)O)cc3)c(=O)c3cc(NS(=O)(=O)c4ccc(C)cc4)ccc32)cc(OC)c1OC. The van der Waals surface area contributed by atoms with Crippen molar-refractivity contribution in [1.82, 2.24) is 9.13 Å². The highest BCUT2D eigenvalue weighted by molar-refractivity contribution is 7.92. The number of rotatable bonds is 9. The van der Waals surface area contributed by atoms with Crippen LogP contribution < -0.4 is 24.5 Å². The van der Waals surface area contributed by atoms with Crippen LogP contribution in [0, 0.1) is 11.7 Å². The van der Waals surface area contributed by atoms with Crippen LogP contribution in [0.25, 0.3) is 22.3 Å². The number of anilines is 1. The fourth-order valence-electron chi connectivity index (χ4n) is 4.73. The summed E-state index contributed by atoms with van der Waals surface area (Å²) in [5.41, 5.74) is 1.66. The van der Waals surface area contributed by atoms with Crippen molar-refractivity contribution in [3.63, 3.8) is 0 Å². The number of methoxy groups -OCH3 is 3. The smallest absolute Gasteiger partial charge is 0.335 e. The second kappa shape index (κ2) is 11.9. The third kappa shape index (κ3) is 5.50. The minimum Gasteiger partial charge on any atom is -0.493 e. The Kier molecular flexibility index (Phi) is 8.17. The molecule has 0 fully saturated rings. The molecule has 0 amide bonds. The fourth-order valence-corrected chi connectivity index (χ4v) is 6.18. The van der Waals surface area contributed by atoms with Gasteiger partial charge in [-0.15, -0.1) is 0 Å². The molecule has 5 aromatic rings. The maximum absolute atomic E-state index is 14.0. The van der Waals surface area contributed by atoms with Gasteiger partial charge >= 0.3 is 5.97 Å². The Morgan fingerprint density at radius 2 is 1.43 bits per heavy atom. The summed E-state index contributed by atoms with van der Waals surface area (Å²) in [6, 6.07) is 19.9. The van der Waals surface area contributed by atoms with E-state index in [1.54, 1.807) is 34.9 Å². The van der Waals surface area contributed by atoms with Gasteiger partial charge in [0.15, 0.2) is 16.3 Å². The van der Waals surface area contributed by atoms with Gasteiger partial charge in [0.25, 0.3) is 15.6 Å². The number of carboxylic acid groups (broad SMARTS) is 1. The molecule has 44 heavy (non-hydrogen) atoms. The van der Waals surface area contributed by atoms with E-state index in [0.29, 0.717) is 34.1 Å². The highest BCUT2D eigenvalue weighted by Gasteiger charge is 2.21. The number of aryl methyl sites for hydroxylation is 1. The third-order valence-electron chi connectivity index (χ3n) is 6.92. The molecule has 0 radical (unpaired) electrons. The molecule has 1 heterocycles. The van der Waals surface area contributed by atoms with Gasteiger partial charge in [0, 0.05) is 17.8 Å². The summed E-state index contributed by atoms with van der Waals surface area (Å²) in [7, 11) is 0.438. The molecule has 0 atom stereocenters. The van der Waals surface area contributed by atoms with Gasteiger partial charge in [0.05, 0.1) is 54.1 Å². The first-order valence-corrected chi connectivity index (χ1v) is 14.9. The van der Waals surface area contributed by atoms with Crippen LogP contribution >= 0.6 is 12.2 Å². The van der Waals surface area contributed by atoms with Crippen molar-refractivity contribution in [3.8, 4) is 28.6 Å². The summed E-state index contributed by atoms with van der Waals surface area (Å²) < 4.78 is 48.3. The van der Waals surface area contributed by atoms with Crippen LogP contribution in [0.2, 0.25) is 0 Å². The molecule has 0 aliphatic rings. The van der Waals surface area contributed by atoms with Gasteiger partial charge in [-0.1, -0.05) is 17.7 Å². The zero-order chi connectivity index (χ0) is 31.8. The van der Waals surface area contributed by atoms with Gasteiger partial charge in [-0.2, -0.15) is 0 Å². The first-order valence-electron chi connectivity index (χ1n) is 13.0. The van der Waals surface area contributed by atoms with Crippen LogP contribution in [0.1, 0.15) is 15.9 Å². The number of sulfonamides is 1. The van der Waals surface area contributed by atoms with Gasteiger partial charge in [0.2, 0.25) is 5.75 Å². The molecule has 11 nitrogen and oxygen atoms in total. The molecule has 0 unspecified atom stereocenters. The number of nitrogens with one attached hydrogen (secondary N) is 1. The number of carboxylic acids is 1. The first-order chi connectivity index (χ1) is 21.0. The molecule has 13 heteroatoms. The van der Waals surface area contributed by atoms with Crippen molar-refractivity contribution < 1.29 is 32.5 Å². The lowest BCUT2D eigenvalue weighted by Gasteiger charge is -2.20. The number of benzene rings is 4. The predicted molar refractivity (Wildman–Crippen MR) is 168 cm³/mol. The van der Waals surface area contributed by atoms with Crippen molar-refractivity contribution >= 4 is 44.8 Å². The Labute approximate surface area is 257 Å². The number of hydrogen-bond donors (Lipinski definition) is 2. The quantitative estimate of drug-likeness (QED) is 0.206. The van der Waals surface area contributed by atoms with Gasteiger partial charge < -0.3 is 19.3 Å². The number of nitrogens with zero attached hydrogens (tertiary/aromatic N) is 2. The minimum atomic E-state index is -3.97. The Hall–Kier alpha value is -5.14. The van der Waals surface area contributed by atoms with Gasteiger partial charge in [0.1, 0.15) is 0 Å². The number of aromatic carboxylic acids is 1. The van der Waals surface area contributed by atoms with E-state index in [2.05, 4.69) is 4.72 Å². The topological polar surface area (TPSA) is 138 Å². The highest BCUT2D eigenvalue weighted by atomic mass is 32.2. The molecule has 1 aromatic heterocycles. The van der Waals surface area contributed by atoms with Crippen LogP contribution in [0.15, 0.2) is 88.6 Å². The lowest BCUT2D eigenvalue weighted by molar-refractivity contribution is 0.0697. The molecule has 4 aromatic carbocycles. The lowest BCUT2D eigenvalue weighted by Crippen LogP contribution is -2.24. The zero-order valence-corrected chi connectivity index (χ0v) is 25.7. The number of fused-ring (bicyclic) bond motifs is 1. The number of hydrogen-bond acceptors (Lipinski definition) is 8. The summed E-state index contributed by atoms with van der Waals surface area (Å²) >= 11 is 5.86. The van der Waals surface area contributed by atoms with E-state index in [0.717, 1.165) is 5.56 Å². The zero-order valence-electron chi connectivity index (χ0n) is 24.0. The standard InChI is InChI=1S/C31H27N3O8S2/c1-18-5-12-23(13-6-18)44(38,39)32-20-9-14-25-24(15-20)29(35)34(21-10-7-19(8-11-21)30(36)37)31(43)33(25)22-16-26(40-2)28(42-4)27(17-22)41-3/h5-17,32H,1-4H3,(H,36,37). The minimum absolute atomic E-state index is 0.0267. The average Bonchev–Trinajstić information content (AvgIpc) is 3.01. The van der Waals surface area contributed by atoms with E-state index >= 15 is 0 Å². The number of ether oxygens (including phenoxy) is 3. The van der Waals surface area contributed by atoms with Crippen molar-refractivity contribution in [3.05, 3.63) is 105 Å². The average molecular weight is 634 g/mol. The van der Waals surface area contributed by atoms with E-state index in [1.165, 1.54) is 74.4 Å². The number of carbonyl (C=O) groups is 1. The summed E-state index contributed by atoms with van der Waals surface area (Å²) in [6.45, 7) is 1.85. The molecule has 5 rings (SSSR count). The largest absolute Gasteiger partial charge is 0.493 e. The monoisotopic (exact) mass is 633 g/mol. The maximum atomic E-state index is 14.0. The molecule has 226 valence electrons. The van der Waals surface area contributed by atoms with E-state index < -0.39 is 21.6 Å². The van der Waals surface area contributed by atoms with Gasteiger partial charge in [-0.3, -0.25) is 18.7 Å². The van der Waals surface area contributed by atoms with Crippen molar-refractivity contribution in [2.75, 3.05) is 26.1 Å². The molecular formula is C31H27N3O8S2. The normalized spacial score (nSPS) is 11.3. The summed E-state index contributed by atoms with van der Waals surface area (Å²) in [4.78, 5) is 25.6. The summed E-state index contributed by atoms with van der Waals surface area (Å²) in [6.07, 6.45) is 0. The van der Waals surface area contributed by atoms with Crippen molar-refractivity contribution in [2.24, 2.45) is 0 Å². The van der Waals surface area contributed by atoms with E-state index in [-0.39, 0.29) is 26.3 Å². The molecule has 0 saturated carbocycles. The van der Waals surface area contributed by atoms with Crippen LogP contribution in [-0.4, -0.2) is 50.0 Å². The molecule has 2 N–H and O–H groups in total. The molecule has 0 aliphatic carbocycles. The van der Waals surface area contributed by atoms with Crippen LogP contribution in [-0.2, 0) is 10.0 Å². The van der Waals surface area contributed by atoms with Crippen molar-refractivity contribution in [2.45, 2.75) is 11.8 Å². The summed E-state index contributed by atoms with van der Waals surface area (Å²) in [5.74, 6) is -0.107. The van der Waals surface area contributed by atoms with Gasteiger partial charge in [-0.05, 0) is 73.7 Å². The van der Waals surface area contributed by atoms with Crippen LogP contribution in [0.3, 0.4) is 0 Å². The van der Waals surface area contributed by atoms with Gasteiger partial charge in [-0.25, -0.2) is 13.2 Å². The van der Waals surface area contributed by atoms with E-state index in [1.807, 2.05) is 6.92 Å². The molecule has 0 saturated heterocycles. The predicted octanol–water partition coefficient (Wildman–Crippen LogP) is 5.34. The summed E-state index contributed by atoms with van der Waals surface area (Å²) in [5, 5.41) is 9.49. The lowest BCUT2D eigenvalue weighted by atomic mass is 10.1. The Morgan fingerprint density at radius 1 is 0.818 bits per heavy atom. The van der Waals surface area contributed by atoms with E-state index in [4.69, 9.17) is 26.4 Å². The fraction of sp³-hybridized carbons (Fsp3) is 0.129. The number of aromatic nitrogens is 2. The highest BCUT2D eigenvalue weighted by Crippen LogP contribution is 2.40. The van der Waals surface area contributed by atoms with E-state index in [9.17, 15) is 23.1 Å². The van der Waals surface area contributed by atoms with Crippen LogP contribution in [0.5, 0.6) is 17.2 Å². The Balaban J connectivity index is 1.79.